The average molecular weight is 445 g/mol. The van der Waals surface area contributed by atoms with Crippen molar-refractivity contribution < 1.29 is 13.5 Å². The number of halogens is 2. The summed E-state index contributed by atoms with van der Waals surface area (Å²) in [6, 6.07) is 4.55. The van der Waals surface area contributed by atoms with Gasteiger partial charge in [-0.25, -0.2) is 12.7 Å². The second-order valence-electron chi connectivity index (χ2n) is 5.10. The fourth-order valence-corrected chi connectivity index (χ4v) is 4.71. The first-order chi connectivity index (χ1) is 10.1. The molecule has 23 heavy (non-hydrogen) atoms. The SMILES string of the molecule is Br.CN=C1SCC(O)(c2ccc(Cl)c(S(=O)(=O)N(C)C)c2)N1C. The van der Waals surface area contributed by atoms with E-state index in [1.807, 2.05) is 0 Å². The van der Waals surface area contributed by atoms with Crippen LogP contribution in [0.2, 0.25) is 5.02 Å². The van der Waals surface area contributed by atoms with E-state index in [4.69, 9.17) is 11.6 Å². The quantitative estimate of drug-likeness (QED) is 0.772. The Hall–Kier alpha value is -0.320. The molecule has 1 heterocycles. The van der Waals surface area contributed by atoms with Crippen molar-refractivity contribution in [2.24, 2.45) is 4.99 Å². The summed E-state index contributed by atoms with van der Waals surface area (Å²) in [6.45, 7) is 0. The Morgan fingerprint density at radius 1 is 1.43 bits per heavy atom. The van der Waals surface area contributed by atoms with Crippen molar-refractivity contribution in [2.75, 3.05) is 33.9 Å². The van der Waals surface area contributed by atoms with Crippen LogP contribution in [0.5, 0.6) is 0 Å². The molecule has 0 radical (unpaired) electrons. The van der Waals surface area contributed by atoms with Crippen molar-refractivity contribution in [3.05, 3.63) is 28.8 Å². The van der Waals surface area contributed by atoms with E-state index >= 15 is 0 Å². The molecule has 1 unspecified atom stereocenters. The lowest BCUT2D eigenvalue weighted by atomic mass is 10.0. The molecule has 2 rings (SSSR count). The largest absolute Gasteiger partial charge is 0.366 e. The highest BCUT2D eigenvalue weighted by Gasteiger charge is 2.43. The third-order valence-corrected chi connectivity index (χ3v) is 7.15. The van der Waals surface area contributed by atoms with E-state index in [1.165, 1.54) is 38.0 Å². The lowest BCUT2D eigenvalue weighted by Gasteiger charge is -2.31. The molecule has 1 N–H and O–H groups in total. The number of hydrogen-bond donors (Lipinski definition) is 1. The summed E-state index contributed by atoms with van der Waals surface area (Å²) in [6.07, 6.45) is 0. The normalized spacial score (nSPS) is 23.4. The van der Waals surface area contributed by atoms with Crippen LogP contribution in [0.25, 0.3) is 0 Å². The van der Waals surface area contributed by atoms with E-state index < -0.39 is 15.7 Å². The molecule has 0 aliphatic carbocycles. The Morgan fingerprint density at radius 3 is 2.52 bits per heavy atom. The maximum absolute atomic E-state index is 12.3. The molecule has 130 valence electrons. The monoisotopic (exact) mass is 443 g/mol. The van der Waals surface area contributed by atoms with Gasteiger partial charge in [0.2, 0.25) is 10.0 Å². The summed E-state index contributed by atoms with van der Waals surface area (Å²) < 4.78 is 25.8. The minimum Gasteiger partial charge on any atom is -0.366 e. The Morgan fingerprint density at radius 2 is 2.04 bits per heavy atom. The van der Waals surface area contributed by atoms with Crippen LogP contribution in [0.3, 0.4) is 0 Å². The number of amidine groups is 1. The fourth-order valence-electron chi connectivity index (χ4n) is 2.16. The smallest absolute Gasteiger partial charge is 0.244 e. The van der Waals surface area contributed by atoms with Crippen LogP contribution in [-0.2, 0) is 15.7 Å². The minimum absolute atomic E-state index is 0. The molecule has 0 spiro atoms. The molecule has 0 aromatic heterocycles. The molecule has 0 saturated carbocycles. The van der Waals surface area contributed by atoms with Gasteiger partial charge in [-0.1, -0.05) is 29.4 Å². The van der Waals surface area contributed by atoms with Gasteiger partial charge in [0.25, 0.3) is 0 Å². The van der Waals surface area contributed by atoms with Crippen molar-refractivity contribution in [3.63, 3.8) is 0 Å². The van der Waals surface area contributed by atoms with Crippen molar-refractivity contribution in [2.45, 2.75) is 10.6 Å². The summed E-state index contributed by atoms with van der Waals surface area (Å²) in [5.41, 5.74) is -0.855. The molecule has 1 atom stereocenters. The predicted molar refractivity (Wildman–Crippen MR) is 100 cm³/mol. The van der Waals surface area contributed by atoms with Crippen molar-refractivity contribution in [3.8, 4) is 0 Å². The van der Waals surface area contributed by atoms with Gasteiger partial charge in [-0.15, -0.1) is 17.0 Å². The average Bonchev–Trinajstić information content (AvgIpc) is 2.75. The third-order valence-electron chi connectivity index (χ3n) is 3.59. The number of sulfonamides is 1. The van der Waals surface area contributed by atoms with Crippen LogP contribution in [0.4, 0.5) is 0 Å². The zero-order valence-electron chi connectivity index (χ0n) is 13.1. The van der Waals surface area contributed by atoms with Crippen LogP contribution in [0.15, 0.2) is 28.1 Å². The van der Waals surface area contributed by atoms with Gasteiger partial charge in [0.15, 0.2) is 10.9 Å². The topological polar surface area (TPSA) is 73.2 Å². The molecule has 1 fully saturated rings. The molecule has 1 saturated heterocycles. The van der Waals surface area contributed by atoms with E-state index in [0.29, 0.717) is 16.5 Å². The van der Waals surface area contributed by atoms with Gasteiger partial charge < -0.3 is 10.0 Å². The highest BCUT2D eigenvalue weighted by Crippen LogP contribution is 2.39. The van der Waals surface area contributed by atoms with Gasteiger partial charge in [0.1, 0.15) is 4.90 Å². The summed E-state index contributed by atoms with van der Waals surface area (Å²) >= 11 is 7.45. The first-order valence-electron chi connectivity index (χ1n) is 6.43. The van der Waals surface area contributed by atoms with Crippen LogP contribution in [0.1, 0.15) is 5.56 Å². The van der Waals surface area contributed by atoms with E-state index in [1.54, 1.807) is 25.1 Å². The number of hydrogen-bond acceptors (Lipinski definition) is 5. The van der Waals surface area contributed by atoms with Crippen LogP contribution in [0, 0.1) is 0 Å². The van der Waals surface area contributed by atoms with Gasteiger partial charge in [0, 0.05) is 33.8 Å². The van der Waals surface area contributed by atoms with Gasteiger partial charge in [0.05, 0.1) is 10.8 Å². The number of aliphatic imine (C=N–C) groups is 1. The van der Waals surface area contributed by atoms with Crippen LogP contribution >= 0.6 is 40.3 Å². The van der Waals surface area contributed by atoms with Crippen molar-refractivity contribution in [1.29, 1.82) is 0 Å². The van der Waals surface area contributed by atoms with Gasteiger partial charge >= 0.3 is 0 Å². The van der Waals surface area contributed by atoms with E-state index in [0.717, 1.165) is 4.31 Å². The molecule has 6 nitrogen and oxygen atoms in total. The molecule has 1 aromatic carbocycles. The Labute approximate surface area is 156 Å². The van der Waals surface area contributed by atoms with E-state index in [9.17, 15) is 13.5 Å². The lowest BCUT2D eigenvalue weighted by Crippen LogP contribution is -2.42. The highest BCUT2D eigenvalue weighted by atomic mass is 79.9. The Bertz CT molecular complexity index is 727. The van der Waals surface area contributed by atoms with Gasteiger partial charge in [-0.05, 0) is 12.1 Å². The van der Waals surface area contributed by atoms with Crippen molar-refractivity contribution in [1.82, 2.24) is 9.21 Å². The molecule has 0 bridgehead atoms. The van der Waals surface area contributed by atoms with Gasteiger partial charge in [-0.3, -0.25) is 4.99 Å². The standard InChI is InChI=1S/C13H18ClN3O3S2.BrH/c1-15-12-17(4)13(18,8-21-12)9-5-6-10(14)11(7-9)22(19,20)16(2)3;/h5-7,18H,8H2,1-4H3;1H. The Kier molecular flexibility index (Phi) is 6.56. The van der Waals surface area contributed by atoms with E-state index in [2.05, 4.69) is 4.99 Å². The zero-order valence-corrected chi connectivity index (χ0v) is 17.2. The molecular formula is C13H19BrClN3O3S2. The Balaban J connectivity index is 0.00000264. The maximum Gasteiger partial charge on any atom is 0.244 e. The first kappa shape index (κ1) is 20.7. The number of nitrogens with zero attached hydrogens (tertiary/aromatic N) is 3. The minimum atomic E-state index is -3.69. The van der Waals surface area contributed by atoms with Crippen LogP contribution < -0.4 is 0 Å². The second kappa shape index (κ2) is 7.28. The summed E-state index contributed by atoms with van der Waals surface area (Å²) in [7, 11) is 2.55. The fraction of sp³-hybridized carbons (Fsp3) is 0.462. The summed E-state index contributed by atoms with van der Waals surface area (Å²) in [5, 5.41) is 11.7. The number of benzene rings is 1. The zero-order chi connectivity index (χ0) is 16.7. The summed E-state index contributed by atoms with van der Waals surface area (Å²) in [4.78, 5) is 5.71. The predicted octanol–water partition coefficient (Wildman–Crippen LogP) is 1.98. The van der Waals surface area contributed by atoms with Crippen molar-refractivity contribution >= 4 is 55.5 Å². The molecule has 1 aromatic rings. The molecule has 1 aliphatic heterocycles. The summed E-state index contributed by atoms with van der Waals surface area (Å²) in [5.74, 6) is 0.360. The first-order valence-corrected chi connectivity index (χ1v) is 9.23. The second-order valence-corrected chi connectivity index (χ2v) is 8.57. The number of rotatable bonds is 3. The third kappa shape index (κ3) is 3.54. The molecule has 0 amide bonds. The highest BCUT2D eigenvalue weighted by molar-refractivity contribution is 8.93. The molecule has 10 heteroatoms. The number of thioether (sulfide) groups is 1. The molecular weight excluding hydrogens is 426 g/mol. The van der Waals surface area contributed by atoms with Gasteiger partial charge in [-0.2, -0.15) is 0 Å². The number of aliphatic hydroxyl groups is 1. The maximum atomic E-state index is 12.3. The molecule has 1 aliphatic rings. The lowest BCUT2D eigenvalue weighted by molar-refractivity contribution is -0.0349. The van der Waals surface area contributed by atoms with Crippen LogP contribution in [-0.4, -0.2) is 61.8 Å². The van der Waals surface area contributed by atoms with E-state index in [-0.39, 0.29) is 26.9 Å².